The first kappa shape index (κ1) is 12.7. The molecule has 1 N–H and O–H groups in total. The minimum atomic E-state index is -0.447. The number of hydrogen-bond acceptors (Lipinski definition) is 2. The van der Waals surface area contributed by atoms with E-state index in [0.29, 0.717) is 8.67 Å². The topological polar surface area (TPSA) is 20.2 Å². The van der Waals surface area contributed by atoms with Gasteiger partial charge in [-0.1, -0.05) is 48.9 Å². The summed E-state index contributed by atoms with van der Waals surface area (Å²) in [6, 6.07) is 1.79. The Morgan fingerprint density at radius 1 is 1.38 bits per heavy atom. The van der Waals surface area contributed by atoms with Gasteiger partial charge in [0.2, 0.25) is 0 Å². The van der Waals surface area contributed by atoms with Crippen molar-refractivity contribution in [1.29, 1.82) is 0 Å². The van der Waals surface area contributed by atoms with E-state index in [1.54, 1.807) is 6.07 Å². The van der Waals surface area contributed by atoms with Crippen LogP contribution in [-0.4, -0.2) is 5.11 Å². The molecule has 1 fully saturated rings. The fourth-order valence-corrected chi connectivity index (χ4v) is 4.00. The summed E-state index contributed by atoms with van der Waals surface area (Å²) in [5.41, 5.74) is 0.801. The van der Waals surface area contributed by atoms with Gasteiger partial charge >= 0.3 is 0 Å². The molecule has 1 heterocycles. The lowest BCUT2D eigenvalue weighted by Gasteiger charge is -2.13. The highest BCUT2D eigenvalue weighted by atomic mass is 35.5. The van der Waals surface area contributed by atoms with E-state index in [9.17, 15) is 5.11 Å². The Hall–Kier alpha value is 0.240. The summed E-state index contributed by atoms with van der Waals surface area (Å²) in [5, 5.41) is 10.0. The van der Waals surface area contributed by atoms with Crippen molar-refractivity contribution in [1.82, 2.24) is 0 Å². The predicted molar refractivity (Wildman–Crippen MR) is 70.5 cm³/mol. The van der Waals surface area contributed by atoms with Crippen LogP contribution in [-0.2, 0) is 0 Å². The van der Waals surface area contributed by atoms with Crippen molar-refractivity contribution in [2.24, 2.45) is 5.92 Å². The summed E-state index contributed by atoms with van der Waals surface area (Å²) in [4.78, 5) is 0. The van der Waals surface area contributed by atoms with E-state index in [-0.39, 0.29) is 0 Å². The summed E-state index contributed by atoms with van der Waals surface area (Å²) < 4.78 is 1.28. The van der Waals surface area contributed by atoms with Gasteiger partial charge in [0.25, 0.3) is 0 Å². The van der Waals surface area contributed by atoms with Crippen LogP contribution in [0.1, 0.15) is 50.2 Å². The molecule has 1 aromatic heterocycles. The van der Waals surface area contributed by atoms with Gasteiger partial charge in [-0.2, -0.15) is 0 Å². The maximum Gasteiger partial charge on any atom is 0.100 e. The molecule has 0 radical (unpaired) electrons. The second-order valence-electron chi connectivity index (χ2n) is 4.52. The highest BCUT2D eigenvalue weighted by molar-refractivity contribution is 7.20. The maximum atomic E-state index is 10.0. The number of hydrogen-bond donors (Lipinski definition) is 1. The Morgan fingerprint density at radius 3 is 2.62 bits per heavy atom. The van der Waals surface area contributed by atoms with Crippen LogP contribution in [0.2, 0.25) is 8.67 Å². The third-order valence-corrected chi connectivity index (χ3v) is 4.88. The van der Waals surface area contributed by atoms with Crippen molar-refractivity contribution >= 4 is 34.5 Å². The Morgan fingerprint density at radius 2 is 2.06 bits per heavy atom. The molecule has 4 heteroatoms. The molecule has 1 atom stereocenters. The number of halogens is 2. The van der Waals surface area contributed by atoms with Gasteiger partial charge in [-0.05, 0) is 24.8 Å². The number of aliphatic hydroxyl groups excluding tert-OH is 1. The van der Waals surface area contributed by atoms with E-state index < -0.39 is 6.10 Å². The molecule has 0 bridgehead atoms. The van der Waals surface area contributed by atoms with E-state index in [4.69, 9.17) is 23.2 Å². The molecular formula is C12H16Cl2OS. The standard InChI is InChI=1S/C12H16Cl2OS/c13-11-7-9(12(14)16-11)10(15)6-5-8-3-1-2-4-8/h7-8,10,15H,1-6H2. The van der Waals surface area contributed by atoms with Crippen molar-refractivity contribution in [3.05, 3.63) is 20.3 Å². The number of rotatable bonds is 4. The van der Waals surface area contributed by atoms with Crippen LogP contribution in [0, 0.1) is 5.92 Å². The molecule has 2 rings (SSSR count). The SMILES string of the molecule is OC(CCC1CCCC1)c1cc(Cl)sc1Cl. The van der Waals surface area contributed by atoms with Crippen LogP contribution in [0.4, 0.5) is 0 Å². The number of thiophene rings is 1. The van der Waals surface area contributed by atoms with E-state index in [2.05, 4.69) is 0 Å². The molecule has 0 aliphatic heterocycles. The van der Waals surface area contributed by atoms with Crippen LogP contribution in [0.15, 0.2) is 6.07 Å². The van der Waals surface area contributed by atoms with Crippen LogP contribution in [0.25, 0.3) is 0 Å². The van der Waals surface area contributed by atoms with Crippen molar-refractivity contribution in [3.63, 3.8) is 0 Å². The summed E-state index contributed by atoms with van der Waals surface area (Å²) in [5.74, 6) is 0.808. The fourth-order valence-electron chi connectivity index (χ4n) is 2.43. The Balaban J connectivity index is 1.87. The van der Waals surface area contributed by atoms with Crippen molar-refractivity contribution < 1.29 is 5.11 Å². The van der Waals surface area contributed by atoms with Gasteiger partial charge in [-0.3, -0.25) is 0 Å². The molecule has 0 amide bonds. The molecule has 1 aromatic rings. The van der Waals surface area contributed by atoms with Crippen LogP contribution in [0.5, 0.6) is 0 Å². The normalized spacial score (nSPS) is 19.2. The average Bonchev–Trinajstić information content (AvgIpc) is 2.84. The van der Waals surface area contributed by atoms with E-state index in [0.717, 1.165) is 24.3 Å². The third-order valence-electron chi connectivity index (χ3n) is 3.37. The molecule has 1 aliphatic rings. The van der Waals surface area contributed by atoms with E-state index >= 15 is 0 Å². The zero-order valence-electron chi connectivity index (χ0n) is 9.09. The lowest BCUT2D eigenvalue weighted by molar-refractivity contribution is 0.157. The van der Waals surface area contributed by atoms with Gasteiger partial charge in [-0.25, -0.2) is 0 Å². The summed E-state index contributed by atoms with van der Waals surface area (Å²) in [7, 11) is 0. The highest BCUT2D eigenvalue weighted by Gasteiger charge is 2.19. The van der Waals surface area contributed by atoms with Crippen molar-refractivity contribution in [3.8, 4) is 0 Å². The first-order chi connectivity index (χ1) is 7.66. The second-order valence-corrected chi connectivity index (χ2v) is 6.81. The smallest absolute Gasteiger partial charge is 0.100 e. The summed E-state index contributed by atoms with van der Waals surface area (Å²) >= 11 is 13.2. The third kappa shape index (κ3) is 3.13. The minimum Gasteiger partial charge on any atom is -0.388 e. The Kier molecular flexibility index (Phi) is 4.54. The van der Waals surface area contributed by atoms with Crippen molar-refractivity contribution in [2.45, 2.75) is 44.6 Å². The fraction of sp³-hybridized carbons (Fsp3) is 0.667. The van der Waals surface area contributed by atoms with Gasteiger partial charge in [0.05, 0.1) is 10.4 Å². The second kappa shape index (κ2) is 5.72. The van der Waals surface area contributed by atoms with E-state index in [1.165, 1.54) is 37.0 Å². The molecule has 1 nitrogen and oxygen atoms in total. The highest BCUT2D eigenvalue weighted by Crippen LogP contribution is 2.38. The molecule has 1 aliphatic carbocycles. The van der Waals surface area contributed by atoms with Crippen LogP contribution >= 0.6 is 34.5 Å². The molecule has 16 heavy (non-hydrogen) atoms. The molecule has 0 aromatic carbocycles. The van der Waals surface area contributed by atoms with E-state index in [1.807, 2.05) is 0 Å². The van der Waals surface area contributed by atoms with Crippen LogP contribution in [0.3, 0.4) is 0 Å². The largest absolute Gasteiger partial charge is 0.388 e. The molecular weight excluding hydrogens is 263 g/mol. The Bertz CT molecular complexity index is 345. The Labute approximate surface area is 110 Å². The van der Waals surface area contributed by atoms with Gasteiger partial charge in [0, 0.05) is 5.56 Å². The first-order valence-corrected chi connectivity index (χ1v) is 7.37. The molecule has 0 saturated heterocycles. The lowest BCUT2D eigenvalue weighted by Crippen LogP contribution is -2.01. The molecule has 0 spiro atoms. The monoisotopic (exact) mass is 278 g/mol. The first-order valence-electron chi connectivity index (χ1n) is 5.79. The predicted octanol–water partition coefficient (Wildman–Crippen LogP) is 5.06. The molecule has 90 valence electrons. The quantitative estimate of drug-likeness (QED) is 0.816. The van der Waals surface area contributed by atoms with Crippen molar-refractivity contribution in [2.75, 3.05) is 0 Å². The maximum absolute atomic E-state index is 10.0. The number of aliphatic hydroxyl groups is 1. The zero-order valence-corrected chi connectivity index (χ0v) is 11.4. The molecule has 1 unspecified atom stereocenters. The van der Waals surface area contributed by atoms with Gasteiger partial charge in [0.15, 0.2) is 0 Å². The minimum absolute atomic E-state index is 0.447. The lowest BCUT2D eigenvalue weighted by atomic mass is 9.98. The summed E-state index contributed by atoms with van der Waals surface area (Å²) in [6.45, 7) is 0. The van der Waals surface area contributed by atoms with Gasteiger partial charge in [0.1, 0.15) is 4.34 Å². The summed E-state index contributed by atoms with van der Waals surface area (Å²) in [6.07, 6.45) is 6.81. The van der Waals surface area contributed by atoms with Crippen LogP contribution < -0.4 is 0 Å². The zero-order chi connectivity index (χ0) is 11.5. The average molecular weight is 279 g/mol. The van der Waals surface area contributed by atoms with Gasteiger partial charge < -0.3 is 5.11 Å². The van der Waals surface area contributed by atoms with Gasteiger partial charge in [-0.15, -0.1) is 11.3 Å². The molecule has 1 saturated carbocycles.